The van der Waals surface area contributed by atoms with E-state index in [1.165, 1.54) is 5.56 Å². The number of nitrogens with one attached hydrogen (secondary N) is 1. The van der Waals surface area contributed by atoms with Crippen LogP contribution in [0.1, 0.15) is 25.8 Å². The molecule has 3 heteroatoms. The van der Waals surface area contributed by atoms with Crippen LogP contribution in [-0.4, -0.2) is 17.2 Å². The summed E-state index contributed by atoms with van der Waals surface area (Å²) < 4.78 is 0. The molecule has 2 atom stereocenters. The molecule has 2 nitrogen and oxygen atoms in total. The smallest absolute Gasteiger partial charge is 0.233 e. The van der Waals surface area contributed by atoms with Gasteiger partial charge >= 0.3 is 0 Å². The summed E-state index contributed by atoms with van der Waals surface area (Å²) >= 11 is 1.60. The Morgan fingerprint density at radius 1 is 1.00 bits per heavy atom. The van der Waals surface area contributed by atoms with Crippen molar-refractivity contribution in [3.63, 3.8) is 0 Å². The van der Waals surface area contributed by atoms with E-state index in [0.717, 1.165) is 17.7 Å². The van der Waals surface area contributed by atoms with Crippen LogP contribution < -0.4 is 5.32 Å². The van der Waals surface area contributed by atoms with E-state index in [0.29, 0.717) is 0 Å². The quantitative estimate of drug-likeness (QED) is 0.772. The second-order valence-electron chi connectivity index (χ2n) is 5.51. The average molecular weight is 313 g/mol. The van der Waals surface area contributed by atoms with Gasteiger partial charge in [-0.2, -0.15) is 0 Å². The Balaban J connectivity index is 1.75. The average Bonchev–Trinajstić information content (AvgIpc) is 2.55. The van der Waals surface area contributed by atoms with Crippen molar-refractivity contribution in [3.8, 4) is 0 Å². The Morgan fingerprint density at radius 2 is 1.59 bits per heavy atom. The molecule has 1 amide bonds. The molecule has 0 aliphatic carbocycles. The Morgan fingerprint density at radius 3 is 2.23 bits per heavy atom. The Kier molecular flexibility index (Phi) is 6.53. The van der Waals surface area contributed by atoms with E-state index in [9.17, 15) is 4.79 Å². The number of aryl methyl sites for hydroxylation is 1. The molecular weight excluding hydrogens is 290 g/mol. The second kappa shape index (κ2) is 8.64. The molecule has 0 aliphatic heterocycles. The van der Waals surface area contributed by atoms with E-state index in [2.05, 4.69) is 36.5 Å². The number of hydrogen-bond acceptors (Lipinski definition) is 2. The van der Waals surface area contributed by atoms with Gasteiger partial charge in [-0.15, -0.1) is 11.8 Å². The van der Waals surface area contributed by atoms with Gasteiger partial charge in [-0.1, -0.05) is 48.5 Å². The molecule has 2 aromatic carbocycles. The fourth-order valence-electron chi connectivity index (χ4n) is 2.22. The zero-order valence-corrected chi connectivity index (χ0v) is 14.0. The predicted octanol–water partition coefficient (Wildman–Crippen LogP) is 4.30. The van der Waals surface area contributed by atoms with Crippen LogP contribution in [0, 0.1) is 0 Å². The molecule has 0 aliphatic rings. The lowest BCUT2D eigenvalue weighted by Gasteiger charge is -2.17. The highest BCUT2D eigenvalue weighted by atomic mass is 32.2. The van der Waals surface area contributed by atoms with Gasteiger partial charge < -0.3 is 5.32 Å². The minimum Gasteiger partial charge on any atom is -0.353 e. The van der Waals surface area contributed by atoms with Gasteiger partial charge in [0.1, 0.15) is 0 Å². The SMILES string of the molecule is C[C@H](CCc1ccccc1)NC(=O)[C@@H](C)Sc1ccccc1. The number of carbonyl (C=O) groups is 1. The largest absolute Gasteiger partial charge is 0.353 e. The highest BCUT2D eigenvalue weighted by Crippen LogP contribution is 2.22. The van der Waals surface area contributed by atoms with Crippen LogP contribution in [0.4, 0.5) is 0 Å². The maximum absolute atomic E-state index is 12.2. The van der Waals surface area contributed by atoms with Crippen molar-refractivity contribution in [2.45, 2.75) is 42.9 Å². The lowest BCUT2D eigenvalue weighted by molar-refractivity contribution is -0.120. The third-order valence-corrected chi connectivity index (χ3v) is 4.63. The van der Waals surface area contributed by atoms with Gasteiger partial charge in [0.15, 0.2) is 0 Å². The summed E-state index contributed by atoms with van der Waals surface area (Å²) in [5.41, 5.74) is 1.32. The molecular formula is C19H23NOS. The molecule has 22 heavy (non-hydrogen) atoms. The molecule has 0 fully saturated rings. The zero-order chi connectivity index (χ0) is 15.8. The van der Waals surface area contributed by atoms with Crippen molar-refractivity contribution in [3.05, 3.63) is 66.2 Å². The van der Waals surface area contributed by atoms with Crippen LogP contribution in [-0.2, 0) is 11.2 Å². The Labute approximate surface area is 137 Å². The number of rotatable bonds is 7. The maximum atomic E-state index is 12.2. The van der Waals surface area contributed by atoms with Crippen molar-refractivity contribution in [2.75, 3.05) is 0 Å². The van der Waals surface area contributed by atoms with Crippen molar-refractivity contribution in [1.29, 1.82) is 0 Å². The lowest BCUT2D eigenvalue weighted by atomic mass is 10.1. The van der Waals surface area contributed by atoms with Gasteiger partial charge in [0.05, 0.1) is 5.25 Å². The van der Waals surface area contributed by atoms with Crippen LogP contribution in [0.5, 0.6) is 0 Å². The van der Waals surface area contributed by atoms with Crippen molar-refractivity contribution < 1.29 is 4.79 Å². The molecule has 0 aromatic heterocycles. The normalized spacial score (nSPS) is 13.4. The van der Waals surface area contributed by atoms with Crippen LogP contribution in [0.15, 0.2) is 65.6 Å². The van der Waals surface area contributed by atoms with E-state index in [4.69, 9.17) is 0 Å². The first kappa shape index (κ1) is 16.6. The molecule has 0 heterocycles. The van der Waals surface area contributed by atoms with E-state index >= 15 is 0 Å². The molecule has 2 aromatic rings. The maximum Gasteiger partial charge on any atom is 0.233 e. The zero-order valence-electron chi connectivity index (χ0n) is 13.2. The van der Waals surface area contributed by atoms with Crippen molar-refractivity contribution in [2.24, 2.45) is 0 Å². The molecule has 0 radical (unpaired) electrons. The fourth-order valence-corrected chi connectivity index (χ4v) is 3.11. The van der Waals surface area contributed by atoms with Gasteiger partial charge in [-0.25, -0.2) is 0 Å². The number of amides is 1. The van der Waals surface area contributed by atoms with Gasteiger partial charge in [0.25, 0.3) is 0 Å². The topological polar surface area (TPSA) is 29.1 Å². The van der Waals surface area contributed by atoms with E-state index < -0.39 is 0 Å². The predicted molar refractivity (Wildman–Crippen MR) is 94.1 cm³/mol. The first-order chi connectivity index (χ1) is 10.6. The minimum absolute atomic E-state index is 0.0819. The van der Waals surface area contributed by atoms with Crippen molar-refractivity contribution in [1.82, 2.24) is 5.32 Å². The summed E-state index contributed by atoms with van der Waals surface area (Å²) in [6.07, 6.45) is 1.95. The number of benzene rings is 2. The standard InChI is InChI=1S/C19H23NOS/c1-15(13-14-17-9-5-3-6-10-17)20-19(21)16(2)22-18-11-7-4-8-12-18/h3-12,15-16H,13-14H2,1-2H3,(H,20,21)/t15-,16-/m1/s1. The van der Waals surface area contributed by atoms with E-state index in [1.54, 1.807) is 11.8 Å². The highest BCUT2D eigenvalue weighted by molar-refractivity contribution is 8.00. The number of hydrogen-bond donors (Lipinski definition) is 1. The number of thioether (sulfide) groups is 1. The third-order valence-electron chi connectivity index (χ3n) is 3.52. The highest BCUT2D eigenvalue weighted by Gasteiger charge is 2.16. The first-order valence-corrected chi connectivity index (χ1v) is 8.59. The fraction of sp³-hybridized carbons (Fsp3) is 0.316. The monoisotopic (exact) mass is 313 g/mol. The molecule has 0 unspecified atom stereocenters. The van der Waals surface area contributed by atoms with Gasteiger partial charge in [0, 0.05) is 10.9 Å². The van der Waals surface area contributed by atoms with Crippen LogP contribution in [0.25, 0.3) is 0 Å². The molecule has 116 valence electrons. The summed E-state index contributed by atoms with van der Waals surface area (Å²) in [6, 6.07) is 20.6. The van der Waals surface area contributed by atoms with E-state index in [1.807, 2.05) is 43.3 Å². The van der Waals surface area contributed by atoms with Gasteiger partial charge in [-0.3, -0.25) is 4.79 Å². The lowest BCUT2D eigenvalue weighted by Crippen LogP contribution is -2.37. The molecule has 0 spiro atoms. The summed E-state index contributed by atoms with van der Waals surface area (Å²) in [5.74, 6) is 0.106. The molecule has 0 saturated heterocycles. The van der Waals surface area contributed by atoms with Gasteiger partial charge in [0.2, 0.25) is 5.91 Å². The molecule has 0 bridgehead atoms. The Bertz CT molecular complexity index is 571. The van der Waals surface area contributed by atoms with Crippen LogP contribution in [0.2, 0.25) is 0 Å². The molecule has 2 rings (SSSR count). The van der Waals surface area contributed by atoms with Crippen LogP contribution in [0.3, 0.4) is 0 Å². The second-order valence-corrected chi connectivity index (χ2v) is 6.92. The number of carbonyl (C=O) groups excluding carboxylic acids is 1. The van der Waals surface area contributed by atoms with Crippen LogP contribution >= 0.6 is 11.8 Å². The van der Waals surface area contributed by atoms with Crippen molar-refractivity contribution >= 4 is 17.7 Å². The molecule has 0 saturated carbocycles. The molecule has 1 N–H and O–H groups in total. The van der Waals surface area contributed by atoms with Gasteiger partial charge in [-0.05, 0) is 44.4 Å². The minimum atomic E-state index is -0.0819. The third kappa shape index (κ3) is 5.57. The van der Waals surface area contributed by atoms with E-state index in [-0.39, 0.29) is 17.2 Å². The first-order valence-electron chi connectivity index (χ1n) is 7.71. The summed E-state index contributed by atoms with van der Waals surface area (Å²) in [4.78, 5) is 13.4. The summed E-state index contributed by atoms with van der Waals surface area (Å²) in [7, 11) is 0. The Hall–Kier alpha value is -1.74. The summed E-state index contributed by atoms with van der Waals surface area (Å²) in [6.45, 7) is 4.03. The summed E-state index contributed by atoms with van der Waals surface area (Å²) in [5, 5.41) is 3.03.